The van der Waals surface area contributed by atoms with Crippen LogP contribution in [0, 0.1) is 0 Å². The molecule has 22 heavy (non-hydrogen) atoms. The highest BCUT2D eigenvalue weighted by Gasteiger charge is 2.27. The fourth-order valence-corrected chi connectivity index (χ4v) is 2.91. The van der Waals surface area contributed by atoms with Gasteiger partial charge in [-0.2, -0.15) is 0 Å². The highest BCUT2D eigenvalue weighted by molar-refractivity contribution is 6.35. The predicted molar refractivity (Wildman–Crippen MR) is 87.7 cm³/mol. The molecule has 0 unspecified atom stereocenters. The van der Waals surface area contributed by atoms with Crippen molar-refractivity contribution >= 4 is 29.1 Å². The van der Waals surface area contributed by atoms with Gasteiger partial charge >= 0.3 is 0 Å². The van der Waals surface area contributed by atoms with Crippen molar-refractivity contribution in [1.82, 2.24) is 5.32 Å². The lowest BCUT2D eigenvalue weighted by molar-refractivity contribution is -0.129. The SMILES string of the molecule is CC[C@H](Oc1ccc(Cl)cc1Cl)C(=O)N[C@@H](C)[C@@H]1CCCO1. The molecule has 1 aromatic rings. The zero-order chi connectivity index (χ0) is 16.1. The number of carbonyl (C=O) groups is 1. The molecule has 122 valence electrons. The number of halogens is 2. The maximum atomic E-state index is 12.4. The molecular formula is C16H21Cl2NO3. The topological polar surface area (TPSA) is 47.6 Å². The van der Waals surface area contributed by atoms with Crippen molar-refractivity contribution < 1.29 is 14.3 Å². The van der Waals surface area contributed by atoms with Gasteiger partial charge in [-0.05, 0) is 44.4 Å². The van der Waals surface area contributed by atoms with E-state index in [4.69, 9.17) is 32.7 Å². The molecule has 0 spiro atoms. The van der Waals surface area contributed by atoms with Gasteiger partial charge in [-0.1, -0.05) is 30.1 Å². The van der Waals surface area contributed by atoms with Crippen molar-refractivity contribution in [2.24, 2.45) is 0 Å². The number of rotatable bonds is 6. The standard InChI is InChI=1S/C16H21Cl2NO3/c1-3-13(22-15-7-6-11(17)9-12(15)18)16(20)19-10(2)14-5-4-8-21-14/h6-7,9-10,13-14H,3-5,8H2,1-2H3,(H,19,20)/t10-,13-,14-/m0/s1. The zero-order valence-electron chi connectivity index (χ0n) is 12.8. The minimum atomic E-state index is -0.595. The number of hydrogen-bond acceptors (Lipinski definition) is 3. The van der Waals surface area contributed by atoms with E-state index in [0.29, 0.717) is 22.2 Å². The smallest absolute Gasteiger partial charge is 0.261 e. The van der Waals surface area contributed by atoms with Gasteiger partial charge in [-0.25, -0.2) is 0 Å². The maximum Gasteiger partial charge on any atom is 0.261 e. The zero-order valence-corrected chi connectivity index (χ0v) is 14.3. The first kappa shape index (κ1) is 17.4. The molecule has 1 aliphatic heterocycles. The summed E-state index contributed by atoms with van der Waals surface area (Å²) in [5.41, 5.74) is 0. The second-order valence-corrected chi connectivity index (χ2v) is 6.28. The van der Waals surface area contributed by atoms with E-state index in [1.807, 2.05) is 13.8 Å². The van der Waals surface area contributed by atoms with Gasteiger partial charge in [0, 0.05) is 11.6 Å². The van der Waals surface area contributed by atoms with E-state index < -0.39 is 6.10 Å². The summed E-state index contributed by atoms with van der Waals surface area (Å²) < 4.78 is 11.3. The number of benzene rings is 1. The molecule has 3 atom stereocenters. The summed E-state index contributed by atoms with van der Waals surface area (Å²) in [5, 5.41) is 3.89. The van der Waals surface area contributed by atoms with E-state index in [9.17, 15) is 4.79 Å². The minimum absolute atomic E-state index is 0.0339. The third-order valence-electron chi connectivity index (χ3n) is 3.72. The van der Waals surface area contributed by atoms with Gasteiger partial charge in [0.1, 0.15) is 5.75 Å². The van der Waals surface area contributed by atoms with E-state index in [0.717, 1.165) is 19.4 Å². The Balaban J connectivity index is 1.96. The number of amides is 1. The summed E-state index contributed by atoms with van der Waals surface area (Å²) in [7, 11) is 0. The van der Waals surface area contributed by atoms with Crippen LogP contribution >= 0.6 is 23.2 Å². The average Bonchev–Trinajstić information content (AvgIpc) is 3.00. The molecule has 0 bridgehead atoms. The van der Waals surface area contributed by atoms with E-state index >= 15 is 0 Å². The van der Waals surface area contributed by atoms with Crippen molar-refractivity contribution in [3.05, 3.63) is 28.2 Å². The highest BCUT2D eigenvalue weighted by Crippen LogP contribution is 2.28. The molecule has 1 fully saturated rings. The molecule has 0 saturated carbocycles. The number of nitrogens with one attached hydrogen (secondary N) is 1. The number of ether oxygens (including phenoxy) is 2. The molecule has 1 N–H and O–H groups in total. The molecule has 1 amide bonds. The summed E-state index contributed by atoms with van der Waals surface area (Å²) in [6.45, 7) is 4.61. The van der Waals surface area contributed by atoms with Crippen LogP contribution in [-0.2, 0) is 9.53 Å². The van der Waals surface area contributed by atoms with Gasteiger partial charge in [0.25, 0.3) is 5.91 Å². The molecule has 0 aliphatic carbocycles. The second-order valence-electron chi connectivity index (χ2n) is 5.44. The van der Waals surface area contributed by atoms with Crippen molar-refractivity contribution in [1.29, 1.82) is 0 Å². The van der Waals surface area contributed by atoms with Gasteiger partial charge in [0.15, 0.2) is 6.10 Å². The van der Waals surface area contributed by atoms with Crippen LogP contribution in [0.3, 0.4) is 0 Å². The van der Waals surface area contributed by atoms with Crippen LogP contribution in [0.2, 0.25) is 10.0 Å². The van der Waals surface area contributed by atoms with E-state index in [1.54, 1.807) is 18.2 Å². The van der Waals surface area contributed by atoms with Crippen LogP contribution in [0.5, 0.6) is 5.75 Å². The lowest BCUT2D eigenvalue weighted by Crippen LogP contribution is -2.47. The maximum absolute atomic E-state index is 12.4. The lowest BCUT2D eigenvalue weighted by Gasteiger charge is -2.24. The van der Waals surface area contributed by atoms with Crippen LogP contribution in [0.15, 0.2) is 18.2 Å². The summed E-state index contributed by atoms with van der Waals surface area (Å²) in [5.74, 6) is 0.300. The van der Waals surface area contributed by atoms with E-state index in [1.165, 1.54) is 0 Å². The molecule has 0 aromatic heterocycles. The number of carbonyl (C=O) groups excluding carboxylic acids is 1. The van der Waals surface area contributed by atoms with Gasteiger partial charge < -0.3 is 14.8 Å². The molecule has 1 saturated heterocycles. The molecule has 1 aliphatic rings. The summed E-state index contributed by atoms with van der Waals surface area (Å²) >= 11 is 11.9. The van der Waals surface area contributed by atoms with Crippen molar-refractivity contribution in [2.45, 2.75) is 51.4 Å². The first-order valence-electron chi connectivity index (χ1n) is 7.55. The summed E-state index contributed by atoms with van der Waals surface area (Å²) in [4.78, 5) is 12.4. The third kappa shape index (κ3) is 4.51. The Hall–Kier alpha value is -0.970. The number of hydrogen-bond donors (Lipinski definition) is 1. The molecule has 6 heteroatoms. The van der Waals surface area contributed by atoms with Crippen LogP contribution in [-0.4, -0.2) is 30.8 Å². The van der Waals surface area contributed by atoms with Crippen LogP contribution in [0.1, 0.15) is 33.1 Å². The van der Waals surface area contributed by atoms with E-state index in [2.05, 4.69) is 5.32 Å². The molecule has 2 rings (SSSR count). The first-order valence-corrected chi connectivity index (χ1v) is 8.30. The largest absolute Gasteiger partial charge is 0.479 e. The Morgan fingerprint density at radius 3 is 2.86 bits per heavy atom. The first-order chi connectivity index (χ1) is 10.5. The Bertz CT molecular complexity index is 518. The molecule has 0 radical (unpaired) electrons. The van der Waals surface area contributed by atoms with Gasteiger partial charge in [-0.3, -0.25) is 4.79 Å². The lowest BCUT2D eigenvalue weighted by atomic mass is 10.1. The van der Waals surface area contributed by atoms with Gasteiger partial charge in [0.05, 0.1) is 17.2 Å². The quantitative estimate of drug-likeness (QED) is 0.852. The Morgan fingerprint density at radius 1 is 1.50 bits per heavy atom. The Kier molecular flexibility index (Phi) is 6.36. The average molecular weight is 346 g/mol. The van der Waals surface area contributed by atoms with Crippen molar-refractivity contribution in [3.8, 4) is 5.75 Å². The van der Waals surface area contributed by atoms with Crippen molar-refractivity contribution in [3.63, 3.8) is 0 Å². The molecular weight excluding hydrogens is 325 g/mol. The van der Waals surface area contributed by atoms with Crippen LogP contribution in [0.25, 0.3) is 0 Å². The molecule has 4 nitrogen and oxygen atoms in total. The summed E-state index contributed by atoms with van der Waals surface area (Å²) in [6, 6.07) is 4.92. The monoisotopic (exact) mass is 345 g/mol. The Labute approximate surface area is 141 Å². The van der Waals surface area contributed by atoms with Gasteiger partial charge in [-0.15, -0.1) is 0 Å². The fourth-order valence-electron chi connectivity index (χ4n) is 2.45. The highest BCUT2D eigenvalue weighted by atomic mass is 35.5. The second kappa shape index (κ2) is 8.04. The van der Waals surface area contributed by atoms with Crippen LogP contribution in [0.4, 0.5) is 0 Å². The molecule has 1 heterocycles. The normalized spacial score (nSPS) is 20.5. The fraction of sp³-hybridized carbons (Fsp3) is 0.562. The predicted octanol–water partition coefficient (Wildman–Crippen LogP) is 3.83. The van der Waals surface area contributed by atoms with Gasteiger partial charge in [0.2, 0.25) is 0 Å². The third-order valence-corrected chi connectivity index (χ3v) is 4.25. The Morgan fingerprint density at radius 2 is 2.27 bits per heavy atom. The van der Waals surface area contributed by atoms with Crippen LogP contribution < -0.4 is 10.1 Å². The molecule has 1 aromatic carbocycles. The van der Waals surface area contributed by atoms with E-state index in [-0.39, 0.29) is 18.1 Å². The minimum Gasteiger partial charge on any atom is -0.479 e. The van der Waals surface area contributed by atoms with Crippen molar-refractivity contribution in [2.75, 3.05) is 6.61 Å². The summed E-state index contributed by atoms with van der Waals surface area (Å²) in [6.07, 6.45) is 2.05.